The molecule has 2 aromatic rings. The van der Waals surface area contributed by atoms with Crippen molar-refractivity contribution in [2.24, 2.45) is 0 Å². The lowest BCUT2D eigenvalue weighted by atomic mass is 10.0. The van der Waals surface area contributed by atoms with E-state index in [0.717, 1.165) is 34.1 Å². The molecule has 0 aromatic heterocycles. The third-order valence-electron chi connectivity index (χ3n) is 6.06. The fourth-order valence-electron chi connectivity index (χ4n) is 4.57. The maximum absolute atomic E-state index is 13.6. The van der Waals surface area contributed by atoms with Crippen molar-refractivity contribution in [3.05, 3.63) is 65.2 Å². The third kappa shape index (κ3) is 4.80. The monoisotopic (exact) mass is 466 g/mol. The minimum Gasteiger partial charge on any atom is -0.467 e. The molecule has 0 aliphatic carbocycles. The number of anilines is 1. The standard InChI is InChI=1S/C25H26N2O5S/c1-15(28)33-21(13-16-7-4-3-5-8-16)23(29)26-19-12-11-17-9-6-10-18-14-20(25(31)32-2)27(22(17)18)24(19)30/h3-10,19-21H,11-14H2,1-2H3,(H,26,29)/t19?,20-,21-/m0/s1. The van der Waals surface area contributed by atoms with Gasteiger partial charge in [0.2, 0.25) is 11.8 Å². The lowest BCUT2D eigenvalue weighted by Crippen LogP contribution is -2.54. The van der Waals surface area contributed by atoms with Gasteiger partial charge in [0, 0.05) is 13.3 Å². The van der Waals surface area contributed by atoms with Gasteiger partial charge in [-0.05, 0) is 36.0 Å². The Balaban J connectivity index is 1.58. The second kappa shape index (κ2) is 9.79. The van der Waals surface area contributed by atoms with Crippen LogP contribution in [0, 0.1) is 0 Å². The molecular formula is C25H26N2O5S. The van der Waals surface area contributed by atoms with Crippen LogP contribution < -0.4 is 10.2 Å². The summed E-state index contributed by atoms with van der Waals surface area (Å²) in [6.07, 6.45) is 1.76. The van der Waals surface area contributed by atoms with Gasteiger partial charge in [-0.3, -0.25) is 19.3 Å². The molecule has 172 valence electrons. The molecule has 0 fully saturated rings. The molecule has 0 saturated carbocycles. The van der Waals surface area contributed by atoms with Crippen molar-refractivity contribution in [3.63, 3.8) is 0 Å². The molecule has 0 bridgehead atoms. The van der Waals surface area contributed by atoms with Crippen molar-refractivity contribution in [2.45, 2.75) is 49.9 Å². The van der Waals surface area contributed by atoms with Crippen LogP contribution in [0.25, 0.3) is 0 Å². The van der Waals surface area contributed by atoms with Gasteiger partial charge >= 0.3 is 5.97 Å². The molecule has 3 atom stereocenters. The maximum atomic E-state index is 13.6. The maximum Gasteiger partial charge on any atom is 0.329 e. The molecule has 2 heterocycles. The van der Waals surface area contributed by atoms with E-state index in [1.807, 2.05) is 48.5 Å². The van der Waals surface area contributed by atoms with Crippen LogP contribution in [0.4, 0.5) is 5.69 Å². The molecule has 1 unspecified atom stereocenters. The van der Waals surface area contributed by atoms with E-state index in [2.05, 4.69) is 5.32 Å². The van der Waals surface area contributed by atoms with E-state index >= 15 is 0 Å². The molecule has 2 amide bonds. The van der Waals surface area contributed by atoms with Crippen LogP contribution >= 0.6 is 11.8 Å². The lowest BCUT2D eigenvalue weighted by Gasteiger charge is -2.27. The summed E-state index contributed by atoms with van der Waals surface area (Å²) in [5.41, 5.74) is 3.59. The van der Waals surface area contributed by atoms with Crippen LogP contribution in [0.3, 0.4) is 0 Å². The highest BCUT2D eigenvalue weighted by Crippen LogP contribution is 2.39. The summed E-state index contributed by atoms with van der Waals surface area (Å²) in [4.78, 5) is 52.6. The number of para-hydroxylation sites is 1. The number of benzene rings is 2. The van der Waals surface area contributed by atoms with E-state index in [4.69, 9.17) is 4.74 Å². The highest BCUT2D eigenvalue weighted by molar-refractivity contribution is 8.14. The summed E-state index contributed by atoms with van der Waals surface area (Å²) in [6.45, 7) is 1.43. The highest BCUT2D eigenvalue weighted by atomic mass is 32.2. The fraction of sp³-hybridized carbons (Fsp3) is 0.360. The summed E-state index contributed by atoms with van der Waals surface area (Å²) in [5, 5.41) is 2.05. The number of nitrogens with zero attached hydrogens (tertiary/aromatic N) is 1. The molecule has 1 N–H and O–H groups in total. The highest BCUT2D eigenvalue weighted by Gasteiger charge is 2.44. The lowest BCUT2D eigenvalue weighted by molar-refractivity contribution is -0.143. The molecule has 0 saturated heterocycles. The normalized spacial score (nSPS) is 19.9. The number of rotatable bonds is 6. The van der Waals surface area contributed by atoms with Crippen molar-refractivity contribution < 1.29 is 23.9 Å². The summed E-state index contributed by atoms with van der Waals surface area (Å²) in [5.74, 6) is -1.17. The number of amides is 2. The molecular weight excluding hydrogens is 440 g/mol. The first-order valence-electron chi connectivity index (χ1n) is 10.9. The summed E-state index contributed by atoms with van der Waals surface area (Å²) >= 11 is 0.961. The smallest absolute Gasteiger partial charge is 0.329 e. The van der Waals surface area contributed by atoms with Gasteiger partial charge < -0.3 is 10.1 Å². The Morgan fingerprint density at radius 1 is 1.12 bits per heavy atom. The molecule has 33 heavy (non-hydrogen) atoms. The van der Waals surface area contributed by atoms with Gasteiger partial charge in [-0.15, -0.1) is 0 Å². The largest absolute Gasteiger partial charge is 0.467 e. The van der Waals surface area contributed by atoms with E-state index in [0.29, 0.717) is 25.7 Å². The van der Waals surface area contributed by atoms with Crippen molar-refractivity contribution in [1.29, 1.82) is 0 Å². The van der Waals surface area contributed by atoms with Gasteiger partial charge in [0.05, 0.1) is 18.0 Å². The number of carbonyl (C=O) groups is 4. The van der Waals surface area contributed by atoms with Crippen molar-refractivity contribution in [2.75, 3.05) is 12.0 Å². The number of esters is 1. The summed E-state index contributed by atoms with van der Waals surface area (Å²) < 4.78 is 4.95. The third-order valence-corrected chi connectivity index (χ3v) is 7.06. The molecule has 2 aliphatic rings. The summed E-state index contributed by atoms with van der Waals surface area (Å²) in [6, 6.07) is 13.7. The topological polar surface area (TPSA) is 92.8 Å². The van der Waals surface area contributed by atoms with Crippen molar-refractivity contribution in [1.82, 2.24) is 5.32 Å². The molecule has 2 aromatic carbocycles. The number of thioether (sulfide) groups is 1. The Morgan fingerprint density at radius 2 is 1.85 bits per heavy atom. The van der Waals surface area contributed by atoms with Crippen LogP contribution in [0.2, 0.25) is 0 Å². The second-order valence-corrected chi connectivity index (χ2v) is 9.64. The number of aryl methyl sites for hydroxylation is 1. The van der Waals surface area contributed by atoms with E-state index < -0.39 is 23.3 Å². The average molecular weight is 467 g/mol. The number of ether oxygens (including phenoxy) is 1. The van der Waals surface area contributed by atoms with Crippen molar-refractivity contribution in [3.8, 4) is 0 Å². The molecule has 8 heteroatoms. The van der Waals surface area contributed by atoms with Gasteiger partial charge in [-0.2, -0.15) is 0 Å². The van der Waals surface area contributed by atoms with Crippen molar-refractivity contribution >= 4 is 40.3 Å². The van der Waals surface area contributed by atoms with Gasteiger partial charge in [-0.25, -0.2) is 4.79 Å². The van der Waals surface area contributed by atoms with Crippen LogP contribution in [0.5, 0.6) is 0 Å². The molecule has 0 radical (unpaired) electrons. The van der Waals surface area contributed by atoms with Gasteiger partial charge in [0.15, 0.2) is 5.12 Å². The van der Waals surface area contributed by atoms with Crippen LogP contribution in [-0.4, -0.2) is 47.3 Å². The molecule has 7 nitrogen and oxygen atoms in total. The first-order valence-corrected chi connectivity index (χ1v) is 11.8. The van der Waals surface area contributed by atoms with Gasteiger partial charge in [-0.1, -0.05) is 60.3 Å². The minimum absolute atomic E-state index is 0.166. The predicted molar refractivity (Wildman–Crippen MR) is 126 cm³/mol. The Bertz CT molecular complexity index is 1090. The zero-order valence-corrected chi connectivity index (χ0v) is 19.4. The number of nitrogens with one attached hydrogen (secondary N) is 1. The Hall–Kier alpha value is -3.13. The number of hydrogen-bond donors (Lipinski definition) is 1. The number of carbonyl (C=O) groups excluding carboxylic acids is 4. The van der Waals surface area contributed by atoms with Crippen LogP contribution in [-0.2, 0) is 43.2 Å². The minimum atomic E-state index is -0.797. The average Bonchev–Trinajstić information content (AvgIpc) is 3.14. The number of methoxy groups -OCH3 is 1. The van der Waals surface area contributed by atoms with E-state index in [9.17, 15) is 19.2 Å². The molecule has 0 spiro atoms. The Morgan fingerprint density at radius 3 is 2.55 bits per heavy atom. The quantitative estimate of drug-likeness (QED) is 0.658. The van der Waals surface area contributed by atoms with Gasteiger partial charge in [0.1, 0.15) is 12.1 Å². The fourth-order valence-corrected chi connectivity index (χ4v) is 5.42. The summed E-state index contributed by atoms with van der Waals surface area (Å²) in [7, 11) is 1.31. The first kappa shape index (κ1) is 23.0. The first-order chi connectivity index (χ1) is 15.9. The van der Waals surface area contributed by atoms with Gasteiger partial charge in [0.25, 0.3) is 0 Å². The van der Waals surface area contributed by atoms with E-state index in [-0.39, 0.29) is 16.9 Å². The number of hydrogen-bond acceptors (Lipinski definition) is 6. The Labute approximate surface area is 196 Å². The zero-order chi connectivity index (χ0) is 23.5. The van der Waals surface area contributed by atoms with Crippen LogP contribution in [0.1, 0.15) is 30.0 Å². The van der Waals surface area contributed by atoms with Crippen LogP contribution in [0.15, 0.2) is 48.5 Å². The predicted octanol–water partition coefficient (Wildman–Crippen LogP) is 2.44. The molecule has 2 aliphatic heterocycles. The van der Waals surface area contributed by atoms with E-state index in [1.54, 1.807) is 0 Å². The SMILES string of the molecule is COC(=O)[C@@H]1Cc2cccc3c2N1C(=O)C(NC(=O)[C@H](Cc1ccccc1)SC(C)=O)CC3. The second-order valence-electron chi connectivity index (χ2n) is 8.26. The molecule has 4 rings (SSSR count). The van der Waals surface area contributed by atoms with E-state index in [1.165, 1.54) is 18.9 Å². The zero-order valence-electron chi connectivity index (χ0n) is 18.6. The Kier molecular flexibility index (Phi) is 6.83.